The highest BCUT2D eigenvalue weighted by atomic mass is 35.5. The second kappa shape index (κ2) is 11.2. The Labute approximate surface area is 257 Å². The van der Waals surface area contributed by atoms with Gasteiger partial charge in [0.25, 0.3) is 0 Å². The van der Waals surface area contributed by atoms with Crippen LogP contribution in [0.5, 0.6) is 0 Å². The molecule has 3 fully saturated rings. The fraction of sp³-hybridized carbons (Fsp3) is 0.778. The number of carbonyl (C=O) groups is 1. The van der Waals surface area contributed by atoms with Gasteiger partial charge in [-0.2, -0.15) is 15.1 Å². The van der Waals surface area contributed by atoms with E-state index in [1.807, 2.05) is 0 Å². The van der Waals surface area contributed by atoms with Crippen molar-refractivity contribution < 1.29 is 36.7 Å². The molecule has 0 unspecified atom stereocenters. The Morgan fingerprint density at radius 1 is 1.21 bits per heavy atom. The summed E-state index contributed by atoms with van der Waals surface area (Å²) >= 11 is 6.45. The first-order chi connectivity index (χ1) is 19.8. The van der Waals surface area contributed by atoms with E-state index in [1.54, 1.807) is 39.5 Å². The summed E-state index contributed by atoms with van der Waals surface area (Å²) in [5.74, 6) is -1.16. The number of hydrogen-bond donors (Lipinski definition) is 0. The van der Waals surface area contributed by atoms with Gasteiger partial charge in [0, 0.05) is 6.04 Å². The molecule has 2 aromatic rings. The monoisotopic (exact) mass is 661 g/mol. The molecule has 1 aliphatic carbocycles. The van der Waals surface area contributed by atoms with Crippen LogP contribution in [-0.4, -0.2) is 94.1 Å². The Hall–Kier alpha value is -1.83. The quantitative estimate of drug-likeness (QED) is 0.292. The number of fused-ring (bicyclic) bond motifs is 2. The number of sulfone groups is 1. The molecule has 13 nitrogen and oxygen atoms in total. The number of halogens is 1. The van der Waals surface area contributed by atoms with Crippen LogP contribution < -0.4 is 4.90 Å². The lowest BCUT2D eigenvalue weighted by Crippen LogP contribution is -2.43. The first kappa shape index (κ1) is 32.6. The molecule has 0 aromatic carbocycles. The van der Waals surface area contributed by atoms with Gasteiger partial charge in [0.05, 0.1) is 24.5 Å². The first-order valence-corrected chi connectivity index (χ1v) is 19.2. The molecule has 0 spiro atoms. The van der Waals surface area contributed by atoms with E-state index in [0.29, 0.717) is 5.39 Å². The van der Waals surface area contributed by atoms with E-state index in [0.717, 1.165) is 25.7 Å². The van der Waals surface area contributed by atoms with Gasteiger partial charge >= 0.3 is 6.09 Å². The van der Waals surface area contributed by atoms with Crippen LogP contribution in [0.2, 0.25) is 5.28 Å². The summed E-state index contributed by atoms with van der Waals surface area (Å²) in [6.45, 7) is 13.2. The minimum absolute atomic E-state index is 0.108. The largest absolute Gasteiger partial charge is 0.443 e. The zero-order valence-corrected chi connectivity index (χ0v) is 28.3. The molecule has 5 atom stereocenters. The van der Waals surface area contributed by atoms with Gasteiger partial charge in [0.2, 0.25) is 5.28 Å². The zero-order valence-electron chi connectivity index (χ0n) is 25.8. The molecule has 43 heavy (non-hydrogen) atoms. The van der Waals surface area contributed by atoms with Crippen LogP contribution in [0.25, 0.3) is 11.0 Å². The molecule has 2 aliphatic heterocycles. The van der Waals surface area contributed by atoms with Gasteiger partial charge in [-0.1, -0.05) is 12.8 Å². The predicted octanol–water partition coefficient (Wildman–Crippen LogP) is 4.96. The average Bonchev–Trinajstić information content (AvgIpc) is 3.62. The minimum atomic E-state index is -3.83. The zero-order chi connectivity index (χ0) is 31.7. The summed E-state index contributed by atoms with van der Waals surface area (Å²) in [5.41, 5.74) is -0.453. The summed E-state index contributed by atoms with van der Waals surface area (Å²) in [6, 6.07) is -0.142. The molecule has 5 rings (SSSR count). The van der Waals surface area contributed by atoms with Gasteiger partial charge in [-0.25, -0.2) is 17.9 Å². The molecule has 0 bridgehead atoms. The van der Waals surface area contributed by atoms with Crippen LogP contribution in [-0.2, 0) is 33.3 Å². The van der Waals surface area contributed by atoms with Gasteiger partial charge in [0.1, 0.15) is 28.9 Å². The molecular formula is C27H41ClN5O8PS. The Morgan fingerprint density at radius 3 is 2.44 bits per heavy atom. The Bertz CT molecular complexity index is 1550. The van der Waals surface area contributed by atoms with Gasteiger partial charge in [-0.05, 0) is 79.3 Å². The average molecular weight is 662 g/mol. The van der Waals surface area contributed by atoms with Crippen molar-refractivity contribution in [1.29, 1.82) is 0 Å². The first-order valence-electron chi connectivity index (χ1n) is 14.5. The molecule has 1 saturated carbocycles. The highest BCUT2D eigenvalue weighted by Crippen LogP contribution is 2.48. The number of ether oxygens (including phenoxy) is 4. The van der Waals surface area contributed by atoms with E-state index in [9.17, 15) is 17.8 Å². The summed E-state index contributed by atoms with van der Waals surface area (Å²) < 4.78 is 65.1. The topological polar surface area (TPSA) is 152 Å². The number of rotatable bonds is 7. The Kier molecular flexibility index (Phi) is 8.48. The van der Waals surface area contributed by atoms with Crippen LogP contribution in [0.3, 0.4) is 0 Å². The highest BCUT2D eigenvalue weighted by Gasteiger charge is 2.58. The highest BCUT2D eigenvalue weighted by molar-refractivity contribution is 7.99. The van der Waals surface area contributed by atoms with Crippen molar-refractivity contribution in [2.24, 2.45) is 0 Å². The van der Waals surface area contributed by atoms with Crippen molar-refractivity contribution in [2.75, 3.05) is 24.0 Å². The molecule has 2 aromatic heterocycles. The number of anilines is 1. The molecule has 3 aliphatic rings. The van der Waals surface area contributed by atoms with Gasteiger partial charge in [-0.3, -0.25) is 4.90 Å². The fourth-order valence-electron chi connectivity index (χ4n) is 5.88. The maximum atomic E-state index is 13.5. The van der Waals surface area contributed by atoms with Crippen LogP contribution in [0, 0.1) is 0 Å². The van der Waals surface area contributed by atoms with Crippen molar-refractivity contribution in [3.63, 3.8) is 0 Å². The van der Waals surface area contributed by atoms with Crippen molar-refractivity contribution in [3.05, 3.63) is 11.5 Å². The second-order valence-corrected chi connectivity index (χ2v) is 20.1. The number of amides is 1. The number of nitrogens with zero attached hydrogens (tertiary/aromatic N) is 5. The maximum Gasteiger partial charge on any atom is 0.416 e. The summed E-state index contributed by atoms with van der Waals surface area (Å²) in [7, 11) is -6.77. The third-order valence-corrected chi connectivity index (χ3v) is 14.3. The number of aromatic nitrogens is 4. The third-order valence-electron chi connectivity index (χ3n) is 8.07. The molecule has 2 saturated heterocycles. The lowest BCUT2D eigenvalue weighted by Gasteiger charge is -2.31. The van der Waals surface area contributed by atoms with E-state index in [4.69, 9.17) is 30.5 Å². The fourth-order valence-corrected chi connectivity index (χ4v) is 10.4. The smallest absolute Gasteiger partial charge is 0.416 e. The van der Waals surface area contributed by atoms with Crippen molar-refractivity contribution in [3.8, 4) is 0 Å². The van der Waals surface area contributed by atoms with Crippen LogP contribution >= 0.6 is 18.7 Å². The standard InChI is InChI=1S/C27H41ClN5O8PS/c1-15(42(7,8)35)43(36,37)14-18-19-20(40-27(5,6)39-19)23(38-18)33-22-17(13-29-33)21(30-24(28)31-22)32(16-11-9-10-12-16)25(34)41-26(2,3)4/h13,15-16,18-20,23H,9-12,14H2,1-8H3/t15-,18-,19-,20-,23-/m1/s1. The maximum absolute atomic E-state index is 13.5. The van der Waals surface area contributed by atoms with Crippen molar-refractivity contribution in [1.82, 2.24) is 19.7 Å². The van der Waals surface area contributed by atoms with Crippen LogP contribution in [0.1, 0.15) is 73.5 Å². The molecule has 4 heterocycles. The summed E-state index contributed by atoms with van der Waals surface area (Å²) in [5, 5.41) is 4.90. The van der Waals surface area contributed by atoms with E-state index in [-0.39, 0.29) is 22.8 Å². The van der Waals surface area contributed by atoms with Crippen molar-refractivity contribution >= 4 is 51.5 Å². The third kappa shape index (κ3) is 6.60. The lowest BCUT2D eigenvalue weighted by molar-refractivity contribution is -0.195. The van der Waals surface area contributed by atoms with Gasteiger partial charge in [-0.15, -0.1) is 0 Å². The molecule has 0 radical (unpaired) electrons. The van der Waals surface area contributed by atoms with Gasteiger partial charge < -0.3 is 23.5 Å². The Morgan fingerprint density at radius 2 is 1.84 bits per heavy atom. The van der Waals surface area contributed by atoms with Gasteiger partial charge in [0.15, 0.2) is 33.3 Å². The normalized spacial score (nSPS) is 27.0. The minimum Gasteiger partial charge on any atom is -0.443 e. The van der Waals surface area contributed by atoms with E-state index >= 15 is 0 Å². The molecule has 1 amide bonds. The van der Waals surface area contributed by atoms with Crippen LogP contribution in [0.15, 0.2) is 6.20 Å². The van der Waals surface area contributed by atoms with Crippen LogP contribution in [0.4, 0.5) is 10.6 Å². The number of hydrogen-bond acceptors (Lipinski definition) is 11. The SMILES string of the molecule is C[C@H](P(C)(C)=O)S(=O)(=O)C[C@H]1O[C@@H](n2ncc3c(N(C(=O)OC(C)(C)C)C4CCCC4)nc(Cl)nc32)[C@@H]2OC(C)(C)O[C@@H]21. The molecule has 16 heteroatoms. The molecule has 240 valence electrons. The number of carbonyl (C=O) groups excluding carboxylic acids is 1. The molecular weight excluding hydrogens is 621 g/mol. The Balaban J connectivity index is 1.55. The predicted molar refractivity (Wildman–Crippen MR) is 162 cm³/mol. The van der Waals surface area contributed by atoms with Crippen molar-refractivity contribution in [2.45, 2.75) is 114 Å². The lowest BCUT2D eigenvalue weighted by atomic mass is 10.1. The van der Waals surface area contributed by atoms with E-state index in [2.05, 4.69) is 15.1 Å². The second-order valence-electron chi connectivity index (χ2n) is 13.4. The summed E-state index contributed by atoms with van der Waals surface area (Å²) in [6.07, 6.45) is 1.13. The van der Waals surface area contributed by atoms with E-state index < -0.39 is 69.7 Å². The molecule has 0 N–H and O–H groups in total. The summed E-state index contributed by atoms with van der Waals surface area (Å²) in [4.78, 5) is 22.9. The van der Waals surface area contributed by atoms with E-state index in [1.165, 1.54) is 31.1 Å².